The second kappa shape index (κ2) is 62.4. The van der Waals surface area contributed by atoms with Crippen LogP contribution in [-0.2, 0) is 28.6 Å². The lowest BCUT2D eigenvalue weighted by Crippen LogP contribution is -2.30. The van der Waals surface area contributed by atoms with Gasteiger partial charge in [-0.15, -0.1) is 0 Å². The SMILES string of the molecule is CCCC/C=C\C/C=C\CCCCCCCC(=O)OCC(COC(=O)CCCCCCCCCCC/C=C\C/C=C\CCCCCCC)OC(=O)CCCCCCCCCCC/C=C\C/C=C\CCCCCCC. The summed E-state index contributed by atoms with van der Waals surface area (Å²) in [6.07, 6.45) is 80.4. The van der Waals surface area contributed by atoms with Crippen LogP contribution in [0, 0.1) is 0 Å². The van der Waals surface area contributed by atoms with Crippen LogP contribution in [0.15, 0.2) is 72.9 Å². The molecule has 1 atom stereocenters. The van der Waals surface area contributed by atoms with Gasteiger partial charge in [0.15, 0.2) is 6.10 Å². The van der Waals surface area contributed by atoms with Gasteiger partial charge in [-0.25, -0.2) is 0 Å². The van der Waals surface area contributed by atoms with Crippen LogP contribution < -0.4 is 0 Å². The second-order valence-electron chi connectivity index (χ2n) is 21.3. The van der Waals surface area contributed by atoms with Gasteiger partial charge in [-0.3, -0.25) is 14.4 Å². The fourth-order valence-corrected chi connectivity index (χ4v) is 9.05. The smallest absolute Gasteiger partial charge is 0.306 e. The average molecular weight is 1030 g/mol. The monoisotopic (exact) mass is 1030 g/mol. The van der Waals surface area contributed by atoms with Gasteiger partial charge in [0, 0.05) is 19.3 Å². The molecule has 0 N–H and O–H groups in total. The molecular weight excluding hydrogens is 913 g/mol. The summed E-state index contributed by atoms with van der Waals surface area (Å²) in [5.41, 5.74) is 0. The van der Waals surface area contributed by atoms with E-state index in [1.807, 2.05) is 0 Å². The van der Waals surface area contributed by atoms with E-state index < -0.39 is 6.10 Å². The third-order valence-corrected chi connectivity index (χ3v) is 13.9. The van der Waals surface area contributed by atoms with E-state index in [1.165, 1.54) is 193 Å². The first-order valence-electron chi connectivity index (χ1n) is 31.9. The van der Waals surface area contributed by atoms with Crippen LogP contribution in [0.2, 0.25) is 0 Å². The van der Waals surface area contributed by atoms with E-state index in [0.717, 1.165) is 89.9 Å². The van der Waals surface area contributed by atoms with Crippen molar-refractivity contribution in [2.24, 2.45) is 0 Å². The van der Waals surface area contributed by atoms with E-state index >= 15 is 0 Å². The minimum absolute atomic E-state index is 0.0829. The summed E-state index contributed by atoms with van der Waals surface area (Å²) in [6.45, 7) is 6.59. The van der Waals surface area contributed by atoms with Gasteiger partial charge in [0.1, 0.15) is 13.2 Å². The molecule has 0 rings (SSSR count). The Morgan fingerprint density at radius 1 is 0.270 bits per heavy atom. The minimum Gasteiger partial charge on any atom is -0.462 e. The predicted molar refractivity (Wildman–Crippen MR) is 321 cm³/mol. The van der Waals surface area contributed by atoms with Gasteiger partial charge in [-0.05, 0) is 109 Å². The summed E-state index contributed by atoms with van der Waals surface area (Å²) in [7, 11) is 0. The molecule has 0 saturated heterocycles. The topological polar surface area (TPSA) is 78.9 Å². The van der Waals surface area contributed by atoms with Crippen LogP contribution in [0.3, 0.4) is 0 Å². The molecule has 6 heteroatoms. The highest BCUT2D eigenvalue weighted by Crippen LogP contribution is 2.16. The fraction of sp³-hybridized carbons (Fsp3) is 0.779. The van der Waals surface area contributed by atoms with Crippen molar-refractivity contribution in [2.75, 3.05) is 13.2 Å². The molecule has 0 spiro atoms. The molecule has 0 radical (unpaired) electrons. The lowest BCUT2D eigenvalue weighted by Gasteiger charge is -2.18. The van der Waals surface area contributed by atoms with Gasteiger partial charge in [-0.2, -0.15) is 0 Å². The van der Waals surface area contributed by atoms with Crippen molar-refractivity contribution < 1.29 is 28.6 Å². The summed E-state index contributed by atoms with van der Waals surface area (Å²) in [5, 5.41) is 0. The highest BCUT2D eigenvalue weighted by Gasteiger charge is 2.19. The number of rotatable bonds is 58. The summed E-state index contributed by atoms with van der Waals surface area (Å²) < 4.78 is 16.9. The van der Waals surface area contributed by atoms with E-state index in [4.69, 9.17) is 14.2 Å². The largest absolute Gasteiger partial charge is 0.462 e. The molecule has 0 aromatic rings. The molecule has 0 aliphatic rings. The van der Waals surface area contributed by atoms with E-state index in [-0.39, 0.29) is 31.1 Å². The standard InChI is InChI=1S/C68H120O6/c1-4-7-10-13-16-19-22-25-28-30-32-34-36-38-40-43-46-49-52-55-58-61-67(70)73-64-65(63-72-66(69)60-57-54-51-48-45-42-27-24-21-18-15-12-9-6-3)74-68(71)62-59-56-53-50-47-44-41-39-37-35-33-31-29-26-23-20-17-14-11-8-5-2/h15,18,22-27,30-33,65H,4-14,16-17,19-21,28-29,34-64H2,1-3H3/b18-15-,25-22-,26-23-,27-24-,32-30-,33-31-. The third-order valence-electron chi connectivity index (χ3n) is 13.9. The molecule has 0 aromatic carbocycles. The molecule has 0 aliphatic carbocycles. The Morgan fingerprint density at radius 3 is 0.784 bits per heavy atom. The van der Waals surface area contributed by atoms with Gasteiger partial charge < -0.3 is 14.2 Å². The number of unbranched alkanes of at least 4 members (excludes halogenated alkanes) is 35. The van der Waals surface area contributed by atoms with Gasteiger partial charge in [-0.1, -0.05) is 267 Å². The van der Waals surface area contributed by atoms with Gasteiger partial charge in [0.05, 0.1) is 0 Å². The van der Waals surface area contributed by atoms with Crippen LogP contribution >= 0.6 is 0 Å². The molecular formula is C68H120O6. The van der Waals surface area contributed by atoms with E-state index in [0.29, 0.717) is 19.3 Å². The molecule has 0 fully saturated rings. The van der Waals surface area contributed by atoms with Crippen LogP contribution in [-0.4, -0.2) is 37.2 Å². The normalized spacial score (nSPS) is 12.5. The lowest BCUT2D eigenvalue weighted by molar-refractivity contribution is -0.167. The first-order chi connectivity index (χ1) is 36.5. The maximum atomic E-state index is 12.9. The highest BCUT2D eigenvalue weighted by atomic mass is 16.6. The van der Waals surface area contributed by atoms with Crippen molar-refractivity contribution in [1.82, 2.24) is 0 Å². The van der Waals surface area contributed by atoms with Crippen LogP contribution in [0.25, 0.3) is 0 Å². The zero-order valence-corrected chi connectivity index (χ0v) is 49.1. The van der Waals surface area contributed by atoms with Gasteiger partial charge >= 0.3 is 17.9 Å². The molecule has 0 saturated carbocycles. The minimum atomic E-state index is -0.787. The number of hydrogen-bond donors (Lipinski definition) is 0. The Bertz CT molecular complexity index is 1370. The fourth-order valence-electron chi connectivity index (χ4n) is 9.05. The quantitative estimate of drug-likeness (QED) is 0.0261. The zero-order valence-electron chi connectivity index (χ0n) is 49.1. The number of carbonyl (C=O) groups excluding carboxylic acids is 3. The van der Waals surface area contributed by atoms with Crippen molar-refractivity contribution in [1.29, 1.82) is 0 Å². The van der Waals surface area contributed by atoms with Gasteiger partial charge in [0.2, 0.25) is 0 Å². The predicted octanol–water partition coefficient (Wildman–Crippen LogP) is 21.7. The summed E-state index contributed by atoms with van der Waals surface area (Å²) in [6, 6.07) is 0. The number of ether oxygens (including phenoxy) is 3. The first-order valence-corrected chi connectivity index (χ1v) is 31.9. The van der Waals surface area contributed by atoms with Crippen molar-refractivity contribution >= 4 is 17.9 Å². The molecule has 0 heterocycles. The van der Waals surface area contributed by atoms with Gasteiger partial charge in [0.25, 0.3) is 0 Å². The van der Waals surface area contributed by atoms with Crippen LogP contribution in [0.4, 0.5) is 0 Å². The maximum Gasteiger partial charge on any atom is 0.306 e. The molecule has 428 valence electrons. The van der Waals surface area contributed by atoms with Crippen LogP contribution in [0.1, 0.15) is 323 Å². The Hall–Kier alpha value is -3.15. The number of allylic oxidation sites excluding steroid dienone is 12. The molecule has 6 nitrogen and oxygen atoms in total. The second-order valence-corrected chi connectivity index (χ2v) is 21.3. The highest BCUT2D eigenvalue weighted by molar-refractivity contribution is 5.71. The summed E-state index contributed by atoms with van der Waals surface area (Å²) >= 11 is 0. The zero-order chi connectivity index (χ0) is 53.6. The van der Waals surface area contributed by atoms with Crippen molar-refractivity contribution in [3.05, 3.63) is 72.9 Å². The number of hydrogen-bond acceptors (Lipinski definition) is 6. The molecule has 0 aromatic heterocycles. The van der Waals surface area contributed by atoms with E-state index in [9.17, 15) is 14.4 Å². The molecule has 0 aliphatic heterocycles. The molecule has 74 heavy (non-hydrogen) atoms. The van der Waals surface area contributed by atoms with Crippen molar-refractivity contribution in [2.45, 2.75) is 329 Å². The molecule has 0 bridgehead atoms. The first kappa shape index (κ1) is 70.8. The van der Waals surface area contributed by atoms with Crippen molar-refractivity contribution in [3.8, 4) is 0 Å². The molecule has 1 unspecified atom stereocenters. The van der Waals surface area contributed by atoms with Crippen LogP contribution in [0.5, 0.6) is 0 Å². The Balaban J connectivity index is 4.36. The molecule has 0 amide bonds. The van der Waals surface area contributed by atoms with E-state index in [2.05, 4.69) is 93.7 Å². The number of carbonyl (C=O) groups is 3. The maximum absolute atomic E-state index is 12.9. The Labute approximate surface area is 459 Å². The Morgan fingerprint density at radius 2 is 0.500 bits per heavy atom. The third kappa shape index (κ3) is 59.7. The van der Waals surface area contributed by atoms with Crippen molar-refractivity contribution in [3.63, 3.8) is 0 Å². The Kier molecular flexibility index (Phi) is 59.7. The number of esters is 3. The summed E-state index contributed by atoms with van der Waals surface area (Å²) in [4.78, 5) is 38.3. The average Bonchev–Trinajstić information content (AvgIpc) is 3.40. The lowest BCUT2D eigenvalue weighted by atomic mass is 10.1. The van der Waals surface area contributed by atoms with E-state index in [1.54, 1.807) is 0 Å². The summed E-state index contributed by atoms with van der Waals surface area (Å²) in [5.74, 6) is -0.892.